The predicted molar refractivity (Wildman–Crippen MR) is 123 cm³/mol. The van der Waals surface area contributed by atoms with E-state index in [1.165, 1.54) is 5.56 Å². The van der Waals surface area contributed by atoms with Gasteiger partial charge in [-0.25, -0.2) is 9.98 Å². The highest BCUT2D eigenvalue weighted by molar-refractivity contribution is 5.79. The molecule has 158 valence electrons. The van der Waals surface area contributed by atoms with Gasteiger partial charge < -0.3 is 15.5 Å². The zero-order valence-electron chi connectivity index (χ0n) is 18.5. The van der Waals surface area contributed by atoms with E-state index in [0.29, 0.717) is 12.6 Å². The maximum atomic E-state index is 4.73. The van der Waals surface area contributed by atoms with E-state index >= 15 is 0 Å². The van der Waals surface area contributed by atoms with E-state index < -0.39 is 0 Å². The standard InChI is InChI=1S/C23H36N6/c1-6-24-23(27-17-21-13-15-25-22(16-21)28(3)4)26-14-12-19(2)29(5)18-20-10-8-7-9-11-20/h7-11,13,15-16,19H,6,12,14,17-18H2,1-5H3,(H2,24,26,27). The van der Waals surface area contributed by atoms with Crippen molar-refractivity contribution >= 4 is 11.8 Å². The minimum absolute atomic E-state index is 0.480. The fourth-order valence-electron chi connectivity index (χ4n) is 2.96. The highest BCUT2D eigenvalue weighted by atomic mass is 15.2. The SMILES string of the molecule is CCNC(=NCc1ccnc(N(C)C)c1)NCCC(C)N(C)Cc1ccccc1. The second kappa shape index (κ2) is 12.1. The number of guanidine groups is 1. The van der Waals surface area contributed by atoms with Crippen molar-refractivity contribution in [1.29, 1.82) is 0 Å². The molecule has 2 N–H and O–H groups in total. The van der Waals surface area contributed by atoms with E-state index in [2.05, 4.69) is 77.8 Å². The molecular formula is C23H36N6. The molecular weight excluding hydrogens is 360 g/mol. The van der Waals surface area contributed by atoms with Crippen LogP contribution in [0.25, 0.3) is 0 Å². The van der Waals surface area contributed by atoms with Gasteiger partial charge in [0, 0.05) is 46.0 Å². The summed E-state index contributed by atoms with van der Waals surface area (Å²) in [6, 6.07) is 15.2. The first-order valence-electron chi connectivity index (χ1n) is 10.4. The van der Waals surface area contributed by atoms with Crippen molar-refractivity contribution in [3.63, 3.8) is 0 Å². The second-order valence-corrected chi connectivity index (χ2v) is 7.58. The van der Waals surface area contributed by atoms with Crippen LogP contribution in [0.1, 0.15) is 31.4 Å². The van der Waals surface area contributed by atoms with Gasteiger partial charge in [-0.3, -0.25) is 4.90 Å². The third-order valence-corrected chi connectivity index (χ3v) is 4.91. The quantitative estimate of drug-likeness (QED) is 0.477. The smallest absolute Gasteiger partial charge is 0.191 e. The van der Waals surface area contributed by atoms with Crippen LogP contribution < -0.4 is 15.5 Å². The van der Waals surface area contributed by atoms with Crippen molar-refractivity contribution in [3.05, 3.63) is 59.8 Å². The molecule has 1 heterocycles. The summed E-state index contributed by atoms with van der Waals surface area (Å²) >= 11 is 0. The van der Waals surface area contributed by atoms with Crippen molar-refractivity contribution in [2.24, 2.45) is 4.99 Å². The number of benzene rings is 1. The van der Waals surface area contributed by atoms with Gasteiger partial charge in [-0.15, -0.1) is 0 Å². The number of hydrogen-bond donors (Lipinski definition) is 2. The van der Waals surface area contributed by atoms with E-state index in [0.717, 1.165) is 43.4 Å². The van der Waals surface area contributed by atoms with E-state index in [9.17, 15) is 0 Å². The van der Waals surface area contributed by atoms with Gasteiger partial charge in [-0.05, 0) is 50.6 Å². The van der Waals surface area contributed by atoms with Crippen LogP contribution in [0, 0.1) is 0 Å². The number of nitrogens with zero attached hydrogens (tertiary/aromatic N) is 4. The third-order valence-electron chi connectivity index (χ3n) is 4.91. The van der Waals surface area contributed by atoms with Crippen LogP contribution in [0.15, 0.2) is 53.7 Å². The molecule has 1 aromatic carbocycles. The lowest BCUT2D eigenvalue weighted by Crippen LogP contribution is -2.40. The van der Waals surface area contributed by atoms with Gasteiger partial charge in [0.1, 0.15) is 5.82 Å². The van der Waals surface area contributed by atoms with Gasteiger partial charge in [0.15, 0.2) is 5.96 Å². The van der Waals surface area contributed by atoms with E-state index in [4.69, 9.17) is 4.99 Å². The summed E-state index contributed by atoms with van der Waals surface area (Å²) in [5.41, 5.74) is 2.50. The zero-order chi connectivity index (χ0) is 21.1. The molecule has 6 heteroatoms. The van der Waals surface area contributed by atoms with Crippen LogP contribution in [0.2, 0.25) is 0 Å². The Morgan fingerprint density at radius 3 is 2.52 bits per heavy atom. The molecule has 0 bridgehead atoms. The minimum Gasteiger partial charge on any atom is -0.363 e. The highest BCUT2D eigenvalue weighted by Gasteiger charge is 2.10. The maximum absolute atomic E-state index is 4.73. The van der Waals surface area contributed by atoms with Crippen LogP contribution in [-0.2, 0) is 13.1 Å². The molecule has 6 nitrogen and oxygen atoms in total. The number of pyridine rings is 1. The predicted octanol–water partition coefficient (Wildman–Crippen LogP) is 3.11. The summed E-state index contributed by atoms with van der Waals surface area (Å²) in [4.78, 5) is 13.5. The third kappa shape index (κ3) is 8.11. The molecule has 0 spiro atoms. The van der Waals surface area contributed by atoms with Gasteiger partial charge in [0.2, 0.25) is 0 Å². The number of aliphatic imine (C=N–C) groups is 1. The summed E-state index contributed by atoms with van der Waals surface area (Å²) in [5.74, 6) is 1.81. The molecule has 2 aromatic rings. The Kier molecular flexibility index (Phi) is 9.44. The average Bonchev–Trinajstić information content (AvgIpc) is 2.72. The summed E-state index contributed by atoms with van der Waals surface area (Å²) < 4.78 is 0. The van der Waals surface area contributed by atoms with E-state index in [-0.39, 0.29) is 0 Å². The Labute approximate surface area is 176 Å². The van der Waals surface area contributed by atoms with Gasteiger partial charge in [0.05, 0.1) is 6.54 Å². The molecule has 0 saturated heterocycles. The van der Waals surface area contributed by atoms with Crippen LogP contribution in [0.4, 0.5) is 5.82 Å². The van der Waals surface area contributed by atoms with Crippen LogP contribution in [0.3, 0.4) is 0 Å². The van der Waals surface area contributed by atoms with Gasteiger partial charge in [0.25, 0.3) is 0 Å². The van der Waals surface area contributed by atoms with E-state index in [1.807, 2.05) is 31.3 Å². The van der Waals surface area contributed by atoms with Gasteiger partial charge in [-0.1, -0.05) is 30.3 Å². The number of aromatic nitrogens is 1. The normalized spacial score (nSPS) is 12.7. The lowest BCUT2D eigenvalue weighted by Gasteiger charge is -2.25. The molecule has 29 heavy (non-hydrogen) atoms. The molecule has 1 atom stereocenters. The number of hydrogen-bond acceptors (Lipinski definition) is 4. The lowest BCUT2D eigenvalue weighted by molar-refractivity contribution is 0.238. The summed E-state index contributed by atoms with van der Waals surface area (Å²) in [6.45, 7) is 7.67. The Balaban J connectivity index is 1.83. The van der Waals surface area contributed by atoms with Crippen molar-refractivity contribution in [2.75, 3.05) is 39.1 Å². The number of nitrogens with one attached hydrogen (secondary N) is 2. The summed E-state index contributed by atoms with van der Waals surface area (Å²) in [7, 11) is 6.18. The molecule has 1 unspecified atom stereocenters. The van der Waals surface area contributed by atoms with E-state index in [1.54, 1.807) is 0 Å². The van der Waals surface area contributed by atoms with Crippen molar-refractivity contribution in [2.45, 2.75) is 39.4 Å². The Bertz CT molecular complexity index is 744. The molecule has 1 aromatic heterocycles. The largest absolute Gasteiger partial charge is 0.363 e. The summed E-state index contributed by atoms with van der Waals surface area (Å²) in [5, 5.41) is 6.80. The van der Waals surface area contributed by atoms with Gasteiger partial charge in [-0.2, -0.15) is 0 Å². The van der Waals surface area contributed by atoms with Gasteiger partial charge >= 0.3 is 0 Å². The first-order chi connectivity index (χ1) is 14.0. The molecule has 0 fully saturated rings. The fourth-order valence-corrected chi connectivity index (χ4v) is 2.96. The minimum atomic E-state index is 0.480. The first kappa shape index (κ1) is 22.7. The molecule has 0 aliphatic rings. The molecule has 0 amide bonds. The van der Waals surface area contributed by atoms with Crippen molar-refractivity contribution in [3.8, 4) is 0 Å². The average molecular weight is 397 g/mol. The maximum Gasteiger partial charge on any atom is 0.191 e. The van der Waals surface area contributed by atoms with Crippen LogP contribution in [-0.4, -0.2) is 56.1 Å². The van der Waals surface area contributed by atoms with Crippen LogP contribution in [0.5, 0.6) is 0 Å². The second-order valence-electron chi connectivity index (χ2n) is 7.58. The van der Waals surface area contributed by atoms with Crippen molar-refractivity contribution in [1.82, 2.24) is 20.5 Å². The molecule has 0 aliphatic heterocycles. The zero-order valence-corrected chi connectivity index (χ0v) is 18.5. The molecule has 2 rings (SSSR count). The lowest BCUT2D eigenvalue weighted by atomic mass is 10.1. The molecule has 0 radical (unpaired) electrons. The van der Waals surface area contributed by atoms with Crippen molar-refractivity contribution < 1.29 is 0 Å². The topological polar surface area (TPSA) is 55.8 Å². The Morgan fingerprint density at radius 2 is 1.83 bits per heavy atom. The monoisotopic (exact) mass is 396 g/mol. The first-order valence-corrected chi connectivity index (χ1v) is 10.4. The fraction of sp³-hybridized carbons (Fsp3) is 0.478. The molecule has 0 saturated carbocycles. The highest BCUT2D eigenvalue weighted by Crippen LogP contribution is 2.10. The number of anilines is 1. The Morgan fingerprint density at radius 1 is 1.07 bits per heavy atom. The number of rotatable bonds is 10. The summed E-state index contributed by atoms with van der Waals surface area (Å²) in [6.07, 6.45) is 2.89. The van der Waals surface area contributed by atoms with Crippen LogP contribution >= 0.6 is 0 Å². The Hall–Kier alpha value is -2.60. The molecule has 0 aliphatic carbocycles.